The number of aliphatic hydroxyl groups is 1. The highest BCUT2D eigenvalue weighted by Crippen LogP contribution is 2.22. The molecule has 20 heavy (non-hydrogen) atoms. The molecule has 0 aliphatic carbocycles. The summed E-state index contributed by atoms with van der Waals surface area (Å²) in [6.45, 7) is 7.27. The number of piperazine rings is 1. The van der Waals surface area contributed by atoms with Gasteiger partial charge in [0.05, 0.1) is 11.5 Å². The molecule has 0 saturated carbocycles. The Morgan fingerprint density at radius 2 is 1.85 bits per heavy atom. The van der Waals surface area contributed by atoms with Crippen LogP contribution in [0.4, 0.5) is 0 Å². The number of hydrogen-bond acceptors (Lipinski definition) is 4. The molecule has 0 spiro atoms. The van der Waals surface area contributed by atoms with Crippen molar-refractivity contribution >= 4 is 10.0 Å². The van der Waals surface area contributed by atoms with E-state index in [9.17, 15) is 13.5 Å². The van der Waals surface area contributed by atoms with E-state index in [4.69, 9.17) is 0 Å². The van der Waals surface area contributed by atoms with E-state index in [0.29, 0.717) is 23.5 Å². The van der Waals surface area contributed by atoms with Crippen LogP contribution in [-0.2, 0) is 16.6 Å². The summed E-state index contributed by atoms with van der Waals surface area (Å²) >= 11 is 0. The number of aliphatic hydroxyl groups excluding tert-OH is 1. The second-order valence-corrected chi connectivity index (χ2v) is 7.00. The summed E-state index contributed by atoms with van der Waals surface area (Å²) in [6.07, 6.45) is 0. The summed E-state index contributed by atoms with van der Waals surface area (Å²) in [6, 6.07) is 5.08. The van der Waals surface area contributed by atoms with Crippen molar-refractivity contribution in [3.63, 3.8) is 0 Å². The molecule has 1 aromatic rings. The van der Waals surface area contributed by atoms with Crippen molar-refractivity contribution in [2.45, 2.75) is 25.3 Å². The molecule has 1 heterocycles. The van der Waals surface area contributed by atoms with E-state index < -0.39 is 10.0 Å². The molecule has 1 aliphatic rings. The van der Waals surface area contributed by atoms with Crippen LogP contribution in [0.15, 0.2) is 23.1 Å². The van der Waals surface area contributed by atoms with Gasteiger partial charge in [0, 0.05) is 26.2 Å². The fraction of sp³-hybridized carbons (Fsp3) is 0.571. The number of sulfonamides is 1. The van der Waals surface area contributed by atoms with E-state index in [1.807, 2.05) is 0 Å². The maximum atomic E-state index is 12.7. The van der Waals surface area contributed by atoms with Crippen molar-refractivity contribution in [3.05, 3.63) is 29.3 Å². The molecule has 0 amide bonds. The molecule has 0 aromatic heterocycles. The van der Waals surface area contributed by atoms with Crippen molar-refractivity contribution in [3.8, 4) is 0 Å². The number of benzene rings is 1. The zero-order valence-electron chi connectivity index (χ0n) is 12.0. The van der Waals surface area contributed by atoms with Gasteiger partial charge in [-0.1, -0.05) is 19.1 Å². The highest BCUT2D eigenvalue weighted by molar-refractivity contribution is 7.89. The molecule has 0 radical (unpaired) electrons. The van der Waals surface area contributed by atoms with E-state index in [1.165, 1.54) is 0 Å². The van der Waals surface area contributed by atoms with Crippen molar-refractivity contribution in [2.75, 3.05) is 32.7 Å². The molecule has 1 aliphatic heterocycles. The van der Waals surface area contributed by atoms with Gasteiger partial charge in [-0.3, -0.25) is 0 Å². The van der Waals surface area contributed by atoms with Gasteiger partial charge in [0.1, 0.15) is 0 Å². The number of rotatable bonds is 4. The van der Waals surface area contributed by atoms with Crippen LogP contribution < -0.4 is 0 Å². The molecule has 0 bridgehead atoms. The fourth-order valence-electron chi connectivity index (χ4n) is 2.45. The van der Waals surface area contributed by atoms with Crippen molar-refractivity contribution < 1.29 is 13.5 Å². The zero-order valence-corrected chi connectivity index (χ0v) is 12.9. The first-order valence-electron chi connectivity index (χ1n) is 6.92. The van der Waals surface area contributed by atoms with Gasteiger partial charge >= 0.3 is 0 Å². The maximum Gasteiger partial charge on any atom is 0.243 e. The summed E-state index contributed by atoms with van der Waals surface area (Å²) in [5, 5.41) is 9.18. The SMILES string of the molecule is CCN1CCN(S(=O)(=O)c2cc(CO)ccc2C)CC1. The van der Waals surface area contributed by atoms with E-state index in [0.717, 1.165) is 25.2 Å². The molecule has 1 saturated heterocycles. The van der Waals surface area contributed by atoms with Crippen LogP contribution >= 0.6 is 0 Å². The lowest BCUT2D eigenvalue weighted by Crippen LogP contribution is -2.48. The minimum Gasteiger partial charge on any atom is -0.392 e. The van der Waals surface area contributed by atoms with Crippen LogP contribution in [0.2, 0.25) is 0 Å². The van der Waals surface area contributed by atoms with Crippen LogP contribution in [0, 0.1) is 6.92 Å². The smallest absolute Gasteiger partial charge is 0.243 e. The predicted octanol–water partition coefficient (Wildman–Crippen LogP) is 0.814. The summed E-state index contributed by atoms with van der Waals surface area (Å²) in [5.74, 6) is 0. The Labute approximate surface area is 120 Å². The standard InChI is InChI=1S/C14H22N2O3S/c1-3-15-6-8-16(9-7-15)20(18,19)14-10-13(11-17)5-4-12(14)2/h4-5,10,17H,3,6-9,11H2,1-2H3. The summed E-state index contributed by atoms with van der Waals surface area (Å²) in [4.78, 5) is 2.55. The highest BCUT2D eigenvalue weighted by atomic mass is 32.2. The average molecular weight is 298 g/mol. The molecule has 1 fully saturated rings. The van der Waals surface area contributed by atoms with E-state index >= 15 is 0 Å². The van der Waals surface area contributed by atoms with Crippen molar-refractivity contribution in [1.29, 1.82) is 0 Å². The van der Waals surface area contributed by atoms with Gasteiger partial charge in [-0.2, -0.15) is 4.31 Å². The van der Waals surface area contributed by atoms with Gasteiger partial charge in [0.2, 0.25) is 10.0 Å². The predicted molar refractivity (Wildman–Crippen MR) is 78.0 cm³/mol. The lowest BCUT2D eigenvalue weighted by Gasteiger charge is -2.33. The molecule has 6 heteroatoms. The largest absolute Gasteiger partial charge is 0.392 e. The van der Waals surface area contributed by atoms with Crippen LogP contribution in [0.1, 0.15) is 18.1 Å². The Bertz CT molecular complexity index is 564. The third-order valence-corrected chi connectivity index (χ3v) is 5.87. The van der Waals surface area contributed by atoms with Gasteiger partial charge in [-0.25, -0.2) is 8.42 Å². The van der Waals surface area contributed by atoms with Crippen LogP contribution in [0.5, 0.6) is 0 Å². The maximum absolute atomic E-state index is 12.7. The zero-order chi connectivity index (χ0) is 14.8. The first-order valence-corrected chi connectivity index (χ1v) is 8.36. The van der Waals surface area contributed by atoms with E-state index in [-0.39, 0.29) is 6.61 Å². The third kappa shape index (κ3) is 3.03. The molecule has 2 rings (SSSR count). The van der Waals surface area contributed by atoms with Crippen molar-refractivity contribution in [1.82, 2.24) is 9.21 Å². The average Bonchev–Trinajstić information content (AvgIpc) is 2.47. The second-order valence-electron chi connectivity index (χ2n) is 5.10. The summed E-state index contributed by atoms with van der Waals surface area (Å²) in [7, 11) is -3.46. The van der Waals surface area contributed by atoms with E-state index in [2.05, 4.69) is 11.8 Å². The van der Waals surface area contributed by atoms with Crippen LogP contribution in [0.3, 0.4) is 0 Å². The Morgan fingerprint density at radius 3 is 2.40 bits per heavy atom. The minimum absolute atomic E-state index is 0.146. The lowest BCUT2D eigenvalue weighted by molar-refractivity contribution is 0.196. The molecule has 0 atom stereocenters. The quantitative estimate of drug-likeness (QED) is 0.894. The minimum atomic E-state index is -3.46. The fourth-order valence-corrected chi connectivity index (χ4v) is 4.14. The van der Waals surface area contributed by atoms with Crippen LogP contribution in [0.25, 0.3) is 0 Å². The van der Waals surface area contributed by atoms with Gasteiger partial charge in [0.25, 0.3) is 0 Å². The second kappa shape index (κ2) is 6.22. The summed E-state index contributed by atoms with van der Waals surface area (Å²) < 4.78 is 26.9. The number of aryl methyl sites for hydroxylation is 1. The molecule has 5 nitrogen and oxygen atoms in total. The monoisotopic (exact) mass is 298 g/mol. The normalized spacial score (nSPS) is 18.4. The Kier molecular flexibility index (Phi) is 4.80. The topological polar surface area (TPSA) is 60.9 Å². The summed E-state index contributed by atoms with van der Waals surface area (Å²) in [5.41, 5.74) is 1.35. The Hall–Kier alpha value is -0.950. The van der Waals surface area contributed by atoms with Gasteiger partial charge in [-0.05, 0) is 30.7 Å². The first kappa shape index (κ1) is 15.4. The van der Waals surface area contributed by atoms with Gasteiger partial charge in [-0.15, -0.1) is 0 Å². The van der Waals surface area contributed by atoms with Gasteiger partial charge in [0.15, 0.2) is 0 Å². The molecular weight excluding hydrogens is 276 g/mol. The number of hydrogen-bond donors (Lipinski definition) is 1. The lowest BCUT2D eigenvalue weighted by atomic mass is 10.2. The Balaban J connectivity index is 2.27. The van der Waals surface area contributed by atoms with Crippen LogP contribution in [-0.4, -0.2) is 55.5 Å². The first-order chi connectivity index (χ1) is 9.48. The number of likely N-dealkylation sites (N-methyl/N-ethyl adjacent to an activating group) is 1. The Morgan fingerprint density at radius 1 is 1.20 bits per heavy atom. The third-order valence-electron chi connectivity index (χ3n) is 3.83. The van der Waals surface area contributed by atoms with Gasteiger partial charge < -0.3 is 10.0 Å². The van der Waals surface area contributed by atoms with Crippen molar-refractivity contribution in [2.24, 2.45) is 0 Å². The van der Waals surface area contributed by atoms with E-state index in [1.54, 1.807) is 29.4 Å². The molecule has 1 N–H and O–H groups in total. The molecule has 0 unspecified atom stereocenters. The highest BCUT2D eigenvalue weighted by Gasteiger charge is 2.29. The molecular formula is C14H22N2O3S. The molecule has 1 aromatic carbocycles. The molecule has 112 valence electrons. The number of nitrogens with zero attached hydrogens (tertiary/aromatic N) is 2.